The van der Waals surface area contributed by atoms with Crippen molar-refractivity contribution in [3.8, 4) is 17.2 Å². The van der Waals surface area contributed by atoms with Crippen LogP contribution in [0.2, 0.25) is 5.02 Å². The first kappa shape index (κ1) is 19.4. The first-order valence-corrected chi connectivity index (χ1v) is 9.25. The molecule has 0 aromatic heterocycles. The number of halogens is 1. The predicted molar refractivity (Wildman–Crippen MR) is 105 cm³/mol. The molecule has 2 aromatic rings. The highest BCUT2D eigenvalue weighted by Crippen LogP contribution is 2.41. The molecule has 0 spiro atoms. The first-order chi connectivity index (χ1) is 12.8. The van der Waals surface area contributed by atoms with Crippen LogP contribution in [0.3, 0.4) is 0 Å². The number of fused-ring (bicyclic) bond motifs is 1. The van der Waals surface area contributed by atoms with Gasteiger partial charge in [-0.3, -0.25) is 4.79 Å². The lowest BCUT2D eigenvalue weighted by atomic mass is 9.89. The molecule has 0 saturated heterocycles. The fraction of sp³-hybridized carbons (Fsp3) is 0.381. The molecule has 27 heavy (non-hydrogen) atoms. The molecule has 1 amide bonds. The van der Waals surface area contributed by atoms with E-state index in [1.54, 1.807) is 38.3 Å². The molecule has 1 aliphatic heterocycles. The topological polar surface area (TPSA) is 56.8 Å². The van der Waals surface area contributed by atoms with Crippen LogP contribution in [0.15, 0.2) is 42.5 Å². The fourth-order valence-corrected chi connectivity index (χ4v) is 3.35. The van der Waals surface area contributed by atoms with Crippen LogP contribution in [0.25, 0.3) is 0 Å². The highest BCUT2D eigenvalue weighted by molar-refractivity contribution is 6.30. The number of amides is 1. The molecule has 2 atom stereocenters. The predicted octanol–water partition coefficient (Wildman–Crippen LogP) is 4.53. The Hall–Kier alpha value is -2.40. The van der Waals surface area contributed by atoms with E-state index >= 15 is 0 Å². The molecule has 2 aromatic carbocycles. The van der Waals surface area contributed by atoms with Gasteiger partial charge in [0.15, 0.2) is 6.10 Å². The average Bonchev–Trinajstić information content (AvgIpc) is 2.60. The van der Waals surface area contributed by atoms with Crippen LogP contribution in [-0.2, 0) is 4.79 Å². The molecule has 1 aliphatic rings. The van der Waals surface area contributed by atoms with Crippen LogP contribution >= 0.6 is 11.6 Å². The van der Waals surface area contributed by atoms with Crippen molar-refractivity contribution in [2.45, 2.75) is 44.9 Å². The molecule has 0 aliphatic carbocycles. The van der Waals surface area contributed by atoms with E-state index in [-0.39, 0.29) is 11.9 Å². The standard InChI is InChI=1S/C21H24ClNO4/c1-13(26-16-7-5-6-14(22)10-16)20(24)23-18-12-21(2,3)27-19-11-15(25-4)8-9-17(18)19/h5-11,13,18H,12H2,1-4H3,(H,23,24)/t13-,18+/m0/s1. The second kappa shape index (κ2) is 7.69. The molecule has 0 unspecified atom stereocenters. The van der Waals surface area contributed by atoms with Crippen molar-refractivity contribution in [3.63, 3.8) is 0 Å². The maximum Gasteiger partial charge on any atom is 0.261 e. The average molecular weight is 390 g/mol. The molecule has 144 valence electrons. The van der Waals surface area contributed by atoms with Crippen LogP contribution in [0.1, 0.15) is 38.8 Å². The lowest BCUT2D eigenvalue weighted by Crippen LogP contribution is -2.44. The summed E-state index contributed by atoms with van der Waals surface area (Å²) < 4.78 is 17.1. The highest BCUT2D eigenvalue weighted by atomic mass is 35.5. The normalized spacial score (nSPS) is 18.6. The third-order valence-electron chi connectivity index (χ3n) is 4.47. The third kappa shape index (κ3) is 4.66. The van der Waals surface area contributed by atoms with Crippen molar-refractivity contribution in [3.05, 3.63) is 53.1 Å². The molecule has 1 N–H and O–H groups in total. The van der Waals surface area contributed by atoms with Gasteiger partial charge in [0, 0.05) is 23.1 Å². The van der Waals surface area contributed by atoms with Crippen molar-refractivity contribution in [1.29, 1.82) is 0 Å². The molecule has 0 bridgehead atoms. The molecule has 5 nitrogen and oxygen atoms in total. The Kier molecular flexibility index (Phi) is 5.51. The number of hydrogen-bond acceptors (Lipinski definition) is 4. The summed E-state index contributed by atoms with van der Waals surface area (Å²) in [6.45, 7) is 5.72. The van der Waals surface area contributed by atoms with E-state index < -0.39 is 11.7 Å². The van der Waals surface area contributed by atoms with Gasteiger partial charge in [-0.15, -0.1) is 0 Å². The van der Waals surface area contributed by atoms with E-state index in [4.69, 9.17) is 25.8 Å². The lowest BCUT2D eigenvalue weighted by Gasteiger charge is -2.38. The summed E-state index contributed by atoms with van der Waals surface area (Å²) in [6, 6.07) is 12.5. The number of rotatable bonds is 5. The van der Waals surface area contributed by atoms with Crippen LogP contribution < -0.4 is 19.5 Å². The summed E-state index contributed by atoms with van der Waals surface area (Å²) in [4.78, 5) is 12.7. The van der Waals surface area contributed by atoms with Gasteiger partial charge in [0.2, 0.25) is 0 Å². The first-order valence-electron chi connectivity index (χ1n) is 8.87. The number of hydrogen-bond donors (Lipinski definition) is 1. The summed E-state index contributed by atoms with van der Waals surface area (Å²) in [5.74, 6) is 1.80. The van der Waals surface area contributed by atoms with Gasteiger partial charge in [0.25, 0.3) is 5.91 Å². The van der Waals surface area contributed by atoms with E-state index in [2.05, 4.69) is 5.32 Å². The minimum absolute atomic E-state index is 0.174. The number of nitrogens with one attached hydrogen (secondary N) is 1. The Morgan fingerprint density at radius 3 is 2.74 bits per heavy atom. The van der Waals surface area contributed by atoms with Crippen LogP contribution in [0.4, 0.5) is 0 Å². The van der Waals surface area contributed by atoms with Crippen molar-refractivity contribution < 1.29 is 19.0 Å². The van der Waals surface area contributed by atoms with E-state index in [1.165, 1.54) is 0 Å². The second-order valence-corrected chi connectivity index (χ2v) is 7.68. The molecular formula is C21H24ClNO4. The Labute approximate surface area is 164 Å². The van der Waals surface area contributed by atoms with Gasteiger partial charge in [-0.25, -0.2) is 0 Å². The summed E-state index contributed by atoms with van der Waals surface area (Å²) in [5.41, 5.74) is 0.521. The van der Waals surface area contributed by atoms with E-state index in [1.807, 2.05) is 32.0 Å². The molecule has 1 heterocycles. The molecule has 3 rings (SSSR count). The molecule has 6 heteroatoms. The summed E-state index contributed by atoms with van der Waals surface area (Å²) in [6.07, 6.45) is -0.00165. The van der Waals surface area contributed by atoms with Crippen LogP contribution in [0.5, 0.6) is 17.2 Å². The monoisotopic (exact) mass is 389 g/mol. The zero-order chi connectivity index (χ0) is 19.6. The summed E-state index contributed by atoms with van der Waals surface area (Å²) in [7, 11) is 1.61. The SMILES string of the molecule is COc1ccc2c(c1)OC(C)(C)C[C@H]2NC(=O)[C@H](C)Oc1cccc(Cl)c1. The maximum absolute atomic E-state index is 12.7. The fourth-order valence-electron chi connectivity index (χ4n) is 3.17. The maximum atomic E-state index is 12.7. The third-order valence-corrected chi connectivity index (χ3v) is 4.71. The Bertz CT molecular complexity index is 837. The van der Waals surface area contributed by atoms with E-state index in [0.717, 1.165) is 11.3 Å². The quantitative estimate of drug-likeness (QED) is 0.815. The summed E-state index contributed by atoms with van der Waals surface area (Å²) in [5, 5.41) is 3.65. The Morgan fingerprint density at radius 1 is 1.26 bits per heavy atom. The Balaban J connectivity index is 1.75. The molecule has 0 saturated carbocycles. The number of ether oxygens (including phenoxy) is 3. The highest BCUT2D eigenvalue weighted by Gasteiger charge is 2.35. The zero-order valence-corrected chi connectivity index (χ0v) is 16.7. The largest absolute Gasteiger partial charge is 0.497 e. The second-order valence-electron chi connectivity index (χ2n) is 7.25. The number of carbonyl (C=O) groups is 1. The van der Waals surface area contributed by atoms with Crippen molar-refractivity contribution >= 4 is 17.5 Å². The number of carbonyl (C=O) groups excluding carboxylic acids is 1. The summed E-state index contributed by atoms with van der Waals surface area (Å²) >= 11 is 5.97. The van der Waals surface area contributed by atoms with Gasteiger partial charge >= 0.3 is 0 Å². The van der Waals surface area contributed by atoms with E-state index in [9.17, 15) is 4.79 Å². The van der Waals surface area contributed by atoms with E-state index in [0.29, 0.717) is 22.9 Å². The number of benzene rings is 2. The molecule has 0 fully saturated rings. The van der Waals surface area contributed by atoms with Crippen molar-refractivity contribution in [2.75, 3.05) is 7.11 Å². The van der Waals surface area contributed by atoms with Gasteiger partial charge < -0.3 is 19.5 Å². The smallest absolute Gasteiger partial charge is 0.261 e. The van der Waals surface area contributed by atoms with Gasteiger partial charge in [-0.05, 0) is 51.1 Å². The zero-order valence-electron chi connectivity index (χ0n) is 15.9. The van der Waals surface area contributed by atoms with Gasteiger partial charge in [0.05, 0.1) is 13.2 Å². The van der Waals surface area contributed by atoms with Gasteiger partial charge in [0.1, 0.15) is 22.8 Å². The van der Waals surface area contributed by atoms with Crippen LogP contribution in [-0.4, -0.2) is 24.7 Å². The minimum atomic E-state index is -0.656. The molecule has 0 radical (unpaired) electrons. The lowest BCUT2D eigenvalue weighted by molar-refractivity contribution is -0.128. The molecular weight excluding hydrogens is 366 g/mol. The minimum Gasteiger partial charge on any atom is -0.497 e. The van der Waals surface area contributed by atoms with Gasteiger partial charge in [-0.2, -0.15) is 0 Å². The van der Waals surface area contributed by atoms with Gasteiger partial charge in [-0.1, -0.05) is 17.7 Å². The van der Waals surface area contributed by atoms with Crippen molar-refractivity contribution in [1.82, 2.24) is 5.32 Å². The van der Waals surface area contributed by atoms with Crippen LogP contribution in [0, 0.1) is 0 Å². The number of methoxy groups -OCH3 is 1. The Morgan fingerprint density at radius 2 is 2.04 bits per heavy atom. The van der Waals surface area contributed by atoms with Crippen molar-refractivity contribution in [2.24, 2.45) is 0 Å².